The molecule has 0 aliphatic carbocycles. The number of rotatable bonds is 5. The van der Waals surface area contributed by atoms with Crippen molar-refractivity contribution in [2.24, 2.45) is 0 Å². The first kappa shape index (κ1) is 24.8. The van der Waals surface area contributed by atoms with Gasteiger partial charge in [-0.1, -0.05) is 23.7 Å². The molecule has 10 nitrogen and oxygen atoms in total. The lowest BCUT2D eigenvalue weighted by Gasteiger charge is -2.35. The molecule has 1 saturated heterocycles. The van der Waals surface area contributed by atoms with Crippen molar-refractivity contribution in [2.75, 3.05) is 18.4 Å². The number of nitrogens with zero attached hydrogens (tertiary/aromatic N) is 5. The Bertz CT molecular complexity index is 1650. The summed E-state index contributed by atoms with van der Waals surface area (Å²) in [6, 6.07) is 11.6. The summed E-state index contributed by atoms with van der Waals surface area (Å²) >= 11 is 6.01. The number of carbonyl (C=O) groups excluding carboxylic acids is 2. The summed E-state index contributed by atoms with van der Waals surface area (Å²) in [5, 5.41) is 6.71. The second-order valence-electron chi connectivity index (χ2n) is 9.52. The lowest BCUT2D eigenvalue weighted by molar-refractivity contribution is 0.0158. The third-order valence-corrected chi connectivity index (χ3v) is 7.23. The quantitative estimate of drug-likeness (QED) is 0.408. The minimum atomic E-state index is -1.32. The van der Waals surface area contributed by atoms with Crippen LogP contribution in [0.25, 0.3) is 0 Å². The van der Waals surface area contributed by atoms with E-state index in [0.29, 0.717) is 18.7 Å². The normalized spacial score (nSPS) is 18.1. The molecule has 2 aliphatic heterocycles. The van der Waals surface area contributed by atoms with Gasteiger partial charge in [-0.2, -0.15) is 5.10 Å². The van der Waals surface area contributed by atoms with E-state index in [1.807, 2.05) is 12.1 Å². The number of anilines is 1. The van der Waals surface area contributed by atoms with Crippen LogP contribution in [0.1, 0.15) is 33.6 Å². The van der Waals surface area contributed by atoms with E-state index >= 15 is 4.39 Å². The summed E-state index contributed by atoms with van der Waals surface area (Å²) < 4.78 is 23.8. The number of aromatic nitrogens is 4. The van der Waals surface area contributed by atoms with E-state index in [1.165, 1.54) is 29.3 Å². The van der Waals surface area contributed by atoms with Gasteiger partial charge in [0, 0.05) is 37.6 Å². The highest BCUT2D eigenvalue weighted by atomic mass is 35.5. The maximum Gasteiger partial charge on any atom is 0.412 e. The molecular weight excluding hydrogens is 527 g/mol. The molecule has 0 bridgehead atoms. The van der Waals surface area contributed by atoms with Crippen molar-refractivity contribution in [3.63, 3.8) is 0 Å². The maximum absolute atomic E-state index is 15.0. The summed E-state index contributed by atoms with van der Waals surface area (Å²) in [5.41, 5.74) is 0.970. The minimum Gasteiger partial charge on any atom is -0.436 e. The molecule has 4 aromatic rings. The molecule has 0 saturated carbocycles. The van der Waals surface area contributed by atoms with Gasteiger partial charge < -0.3 is 14.2 Å². The fraction of sp³-hybridized carbons (Fsp3) is 0.222. The Morgan fingerprint density at radius 1 is 1.13 bits per heavy atom. The maximum atomic E-state index is 15.0. The second kappa shape index (κ2) is 9.66. The zero-order valence-corrected chi connectivity index (χ0v) is 21.3. The Balaban J connectivity index is 1.14. The molecule has 39 heavy (non-hydrogen) atoms. The van der Waals surface area contributed by atoms with Crippen LogP contribution in [0.15, 0.2) is 72.0 Å². The molecule has 198 valence electrons. The number of hydrogen-bond donors (Lipinski definition) is 1. The molecule has 1 aromatic carbocycles. The molecule has 1 atom stereocenters. The van der Waals surface area contributed by atoms with Crippen LogP contribution in [0.4, 0.5) is 14.9 Å². The van der Waals surface area contributed by atoms with Gasteiger partial charge in [0.15, 0.2) is 11.4 Å². The number of ether oxygens (including phenoxy) is 1. The van der Waals surface area contributed by atoms with Crippen molar-refractivity contribution in [2.45, 2.75) is 25.1 Å². The number of fused-ring (bicyclic) bond motifs is 2. The second-order valence-corrected chi connectivity index (χ2v) is 9.93. The highest BCUT2D eigenvalue weighted by molar-refractivity contribution is 6.31. The Hall–Kier alpha value is -4.51. The largest absolute Gasteiger partial charge is 0.436 e. The number of benzene rings is 1. The minimum absolute atomic E-state index is 0.0117. The van der Waals surface area contributed by atoms with Crippen molar-refractivity contribution in [3.8, 4) is 0 Å². The smallest absolute Gasteiger partial charge is 0.412 e. The molecule has 0 radical (unpaired) electrons. The number of nitrogens with one attached hydrogen (secondary N) is 1. The molecule has 1 N–H and O–H groups in total. The number of likely N-dealkylation sites (tertiary alicyclic amines) is 1. The highest BCUT2D eigenvalue weighted by Crippen LogP contribution is 2.45. The first-order valence-corrected chi connectivity index (χ1v) is 12.6. The Kier molecular flexibility index (Phi) is 6.15. The average Bonchev–Trinajstić information content (AvgIpc) is 3.56. The van der Waals surface area contributed by atoms with Gasteiger partial charge in [-0.05, 0) is 29.8 Å². The van der Waals surface area contributed by atoms with Crippen LogP contribution in [-0.2, 0) is 23.4 Å². The molecule has 2 aliphatic rings. The lowest BCUT2D eigenvalue weighted by atomic mass is 9.89. The Morgan fingerprint density at radius 2 is 2.00 bits per heavy atom. The van der Waals surface area contributed by atoms with Gasteiger partial charge in [0.05, 0.1) is 53.4 Å². The monoisotopic (exact) mass is 548 g/mol. The molecule has 1 fully saturated rings. The predicted molar refractivity (Wildman–Crippen MR) is 139 cm³/mol. The third-order valence-electron chi connectivity index (χ3n) is 6.94. The van der Waals surface area contributed by atoms with Gasteiger partial charge in [0.25, 0.3) is 11.5 Å². The first-order chi connectivity index (χ1) is 18.8. The van der Waals surface area contributed by atoms with Crippen LogP contribution in [0.3, 0.4) is 0 Å². The van der Waals surface area contributed by atoms with Gasteiger partial charge in [-0.25, -0.2) is 9.18 Å². The number of amides is 2. The van der Waals surface area contributed by atoms with Crippen molar-refractivity contribution in [1.82, 2.24) is 24.2 Å². The van der Waals surface area contributed by atoms with Gasteiger partial charge in [-0.15, -0.1) is 0 Å². The summed E-state index contributed by atoms with van der Waals surface area (Å²) in [4.78, 5) is 43.4. The molecule has 2 amide bonds. The van der Waals surface area contributed by atoms with Crippen LogP contribution in [0.2, 0.25) is 5.02 Å². The van der Waals surface area contributed by atoms with Gasteiger partial charge in [-0.3, -0.25) is 24.6 Å². The summed E-state index contributed by atoms with van der Waals surface area (Å²) in [6.45, 7) is 0.998. The summed E-state index contributed by atoms with van der Waals surface area (Å²) in [5.74, 6) is -0.987. The third kappa shape index (κ3) is 4.65. The van der Waals surface area contributed by atoms with Gasteiger partial charge >= 0.3 is 6.09 Å². The van der Waals surface area contributed by atoms with Gasteiger partial charge in [0.1, 0.15) is 0 Å². The predicted octanol–water partition coefficient (Wildman–Crippen LogP) is 3.63. The molecule has 6 rings (SSSR count). The van der Waals surface area contributed by atoms with E-state index in [0.717, 1.165) is 11.3 Å². The number of carbonyl (C=O) groups is 2. The standard InChI is InChI=1S/C27H22ClFN6O4/c28-20-6-7-21-23(24(20)29)27(39-26(38)32-21)8-10-34(16-27)25(37)18-12-31-35(14-18)15-19-5-4-17(11-30-19)13-33-9-2-1-3-22(33)36/h1-7,9,11-12,14H,8,10,13,15-16H2,(H,32,38)/t27-/m1/s1. The van der Waals surface area contributed by atoms with Crippen molar-refractivity contribution < 1.29 is 18.7 Å². The first-order valence-electron chi connectivity index (χ1n) is 12.2. The van der Waals surface area contributed by atoms with E-state index < -0.39 is 17.5 Å². The van der Waals surface area contributed by atoms with Gasteiger partial charge in [0.2, 0.25) is 0 Å². The zero-order chi connectivity index (χ0) is 27.1. The van der Waals surface area contributed by atoms with Crippen LogP contribution in [-0.4, -0.2) is 49.3 Å². The fourth-order valence-electron chi connectivity index (χ4n) is 5.05. The summed E-state index contributed by atoms with van der Waals surface area (Å²) in [7, 11) is 0. The number of hydrogen-bond acceptors (Lipinski definition) is 6. The number of halogens is 2. The number of pyridine rings is 2. The van der Waals surface area contributed by atoms with E-state index in [1.54, 1.807) is 40.0 Å². The van der Waals surface area contributed by atoms with Crippen LogP contribution in [0.5, 0.6) is 0 Å². The molecular formula is C27H22ClFN6O4. The van der Waals surface area contributed by atoms with E-state index in [2.05, 4.69) is 15.4 Å². The molecule has 3 aromatic heterocycles. The zero-order valence-electron chi connectivity index (χ0n) is 20.5. The molecule has 12 heteroatoms. The fourth-order valence-corrected chi connectivity index (χ4v) is 5.20. The van der Waals surface area contributed by atoms with Crippen LogP contribution in [0, 0.1) is 5.82 Å². The SMILES string of the molecule is O=C1Nc2ccc(Cl)c(F)c2[C@]2(CCN(C(=O)c3cnn(Cc4ccc(Cn5ccccc5=O)cn4)c3)C2)O1. The molecule has 1 spiro atoms. The average molecular weight is 549 g/mol. The highest BCUT2D eigenvalue weighted by Gasteiger charge is 2.50. The van der Waals surface area contributed by atoms with E-state index in [9.17, 15) is 14.4 Å². The van der Waals surface area contributed by atoms with E-state index in [4.69, 9.17) is 16.3 Å². The Morgan fingerprint density at radius 3 is 2.79 bits per heavy atom. The van der Waals surface area contributed by atoms with Crippen LogP contribution >= 0.6 is 11.6 Å². The van der Waals surface area contributed by atoms with Crippen molar-refractivity contribution in [1.29, 1.82) is 0 Å². The van der Waals surface area contributed by atoms with Crippen LogP contribution < -0.4 is 10.9 Å². The van der Waals surface area contributed by atoms with Crippen molar-refractivity contribution in [3.05, 3.63) is 111 Å². The summed E-state index contributed by atoms with van der Waals surface area (Å²) in [6.07, 6.45) is 6.03. The Labute approximate surface area is 226 Å². The van der Waals surface area contributed by atoms with Crippen molar-refractivity contribution >= 4 is 29.3 Å². The molecule has 5 heterocycles. The molecule has 0 unspecified atom stereocenters. The van der Waals surface area contributed by atoms with E-state index in [-0.39, 0.29) is 47.3 Å². The lowest BCUT2D eigenvalue weighted by Crippen LogP contribution is -2.43. The topological polar surface area (TPSA) is 111 Å².